The van der Waals surface area contributed by atoms with E-state index in [-0.39, 0.29) is 11.9 Å². The highest BCUT2D eigenvalue weighted by Gasteiger charge is 2.33. The Morgan fingerprint density at radius 2 is 2.26 bits per heavy atom. The second-order valence-corrected chi connectivity index (χ2v) is 6.58. The molecule has 0 spiro atoms. The van der Waals surface area contributed by atoms with Gasteiger partial charge in [0.15, 0.2) is 0 Å². The van der Waals surface area contributed by atoms with Crippen molar-refractivity contribution in [1.29, 1.82) is 0 Å². The van der Waals surface area contributed by atoms with Gasteiger partial charge in [0.05, 0.1) is 23.1 Å². The van der Waals surface area contributed by atoms with Crippen LogP contribution in [0.15, 0.2) is 24.4 Å². The van der Waals surface area contributed by atoms with Crippen molar-refractivity contribution in [2.45, 2.75) is 38.6 Å². The van der Waals surface area contributed by atoms with Crippen LogP contribution in [0.5, 0.6) is 0 Å². The Kier molecular flexibility index (Phi) is 4.41. The molecule has 1 atom stereocenters. The first kappa shape index (κ1) is 16.0. The number of aromatic nitrogens is 2. The summed E-state index contributed by atoms with van der Waals surface area (Å²) >= 11 is 6.23. The van der Waals surface area contributed by atoms with Crippen LogP contribution >= 0.6 is 11.6 Å². The largest absolute Gasteiger partial charge is 0.348 e. The number of hydrogen-bond donors (Lipinski definition) is 2. The Morgan fingerprint density at radius 3 is 2.87 bits per heavy atom. The summed E-state index contributed by atoms with van der Waals surface area (Å²) in [6, 6.07) is 5.77. The molecule has 5 nitrogen and oxygen atoms in total. The van der Waals surface area contributed by atoms with Crippen LogP contribution in [0.25, 0.3) is 5.69 Å². The molecule has 23 heavy (non-hydrogen) atoms. The van der Waals surface area contributed by atoms with Gasteiger partial charge < -0.3 is 11.1 Å². The van der Waals surface area contributed by atoms with E-state index in [9.17, 15) is 4.79 Å². The van der Waals surface area contributed by atoms with Gasteiger partial charge in [-0.15, -0.1) is 0 Å². The van der Waals surface area contributed by atoms with E-state index >= 15 is 0 Å². The first-order valence-corrected chi connectivity index (χ1v) is 8.24. The van der Waals surface area contributed by atoms with Gasteiger partial charge in [-0.2, -0.15) is 5.10 Å². The maximum absolute atomic E-state index is 12.5. The molecule has 1 aliphatic rings. The van der Waals surface area contributed by atoms with E-state index in [1.54, 1.807) is 6.20 Å². The maximum atomic E-state index is 12.5. The molecule has 2 aromatic rings. The average Bonchev–Trinajstić information content (AvgIpc) is 3.28. The first-order valence-electron chi connectivity index (χ1n) is 7.86. The third-order valence-corrected chi connectivity index (χ3v) is 4.55. The van der Waals surface area contributed by atoms with Gasteiger partial charge in [0.1, 0.15) is 0 Å². The highest BCUT2D eigenvalue weighted by atomic mass is 35.5. The highest BCUT2D eigenvalue weighted by molar-refractivity contribution is 6.31. The number of nitrogens with one attached hydrogen (secondary N) is 1. The van der Waals surface area contributed by atoms with Gasteiger partial charge in [-0.05, 0) is 44.4 Å². The van der Waals surface area contributed by atoms with E-state index < -0.39 is 0 Å². The second kappa shape index (κ2) is 6.34. The molecule has 1 amide bonds. The number of aryl methyl sites for hydroxylation is 1. The lowest BCUT2D eigenvalue weighted by Crippen LogP contribution is -2.38. The SMILES string of the molecule is Cc1ccc(-n2ncc(C(=O)N[C@@H](C)CN)c2C2CC2)cc1Cl. The quantitative estimate of drug-likeness (QED) is 0.884. The second-order valence-electron chi connectivity index (χ2n) is 6.17. The van der Waals surface area contributed by atoms with Crippen molar-refractivity contribution < 1.29 is 4.79 Å². The van der Waals surface area contributed by atoms with Crippen LogP contribution in [0.2, 0.25) is 5.02 Å². The fourth-order valence-corrected chi connectivity index (χ4v) is 2.74. The van der Waals surface area contributed by atoms with Crippen LogP contribution in [0.3, 0.4) is 0 Å². The molecule has 1 fully saturated rings. The standard InChI is InChI=1S/C17H21ClN4O/c1-10-3-6-13(7-15(10)18)22-16(12-4-5-12)14(9-20-22)17(23)21-11(2)8-19/h3,6-7,9,11-12H,4-5,8,19H2,1-2H3,(H,21,23)/t11-/m0/s1. The summed E-state index contributed by atoms with van der Waals surface area (Å²) in [5, 5.41) is 8.05. The molecule has 3 rings (SSSR count). The topological polar surface area (TPSA) is 72.9 Å². The Balaban J connectivity index is 1.99. The molecule has 1 heterocycles. The number of benzene rings is 1. The fraction of sp³-hybridized carbons (Fsp3) is 0.412. The summed E-state index contributed by atoms with van der Waals surface area (Å²) in [7, 11) is 0. The Hall–Kier alpha value is -1.85. The fourth-order valence-electron chi connectivity index (χ4n) is 2.56. The van der Waals surface area contributed by atoms with E-state index in [1.165, 1.54) is 0 Å². The normalized spacial score (nSPS) is 15.5. The Bertz CT molecular complexity index is 736. The van der Waals surface area contributed by atoms with Crippen molar-refractivity contribution in [3.8, 4) is 5.69 Å². The van der Waals surface area contributed by atoms with E-state index in [1.807, 2.05) is 36.7 Å². The Morgan fingerprint density at radius 1 is 1.52 bits per heavy atom. The van der Waals surface area contributed by atoms with E-state index in [0.29, 0.717) is 23.0 Å². The van der Waals surface area contributed by atoms with Crippen molar-refractivity contribution in [3.05, 3.63) is 46.2 Å². The summed E-state index contributed by atoms with van der Waals surface area (Å²) < 4.78 is 1.84. The molecule has 0 bridgehead atoms. The highest BCUT2D eigenvalue weighted by Crippen LogP contribution is 2.42. The van der Waals surface area contributed by atoms with E-state index in [0.717, 1.165) is 29.8 Å². The zero-order valence-corrected chi connectivity index (χ0v) is 14.1. The van der Waals surface area contributed by atoms with Crippen LogP contribution < -0.4 is 11.1 Å². The van der Waals surface area contributed by atoms with Gasteiger partial charge in [0, 0.05) is 23.5 Å². The monoisotopic (exact) mass is 332 g/mol. The van der Waals surface area contributed by atoms with Gasteiger partial charge in [-0.25, -0.2) is 4.68 Å². The Labute approximate surface area is 140 Å². The van der Waals surface area contributed by atoms with Crippen molar-refractivity contribution in [1.82, 2.24) is 15.1 Å². The number of rotatable bonds is 5. The first-order chi connectivity index (χ1) is 11.0. The van der Waals surface area contributed by atoms with Crippen molar-refractivity contribution in [2.75, 3.05) is 6.54 Å². The smallest absolute Gasteiger partial charge is 0.255 e. The van der Waals surface area contributed by atoms with Crippen LogP contribution in [0.1, 0.15) is 47.3 Å². The molecule has 122 valence electrons. The summed E-state index contributed by atoms with van der Waals surface area (Å²) in [6.07, 6.45) is 3.80. The molecule has 0 radical (unpaired) electrons. The van der Waals surface area contributed by atoms with E-state index in [2.05, 4.69) is 10.4 Å². The number of amides is 1. The number of nitrogens with two attached hydrogens (primary N) is 1. The predicted molar refractivity (Wildman–Crippen MR) is 91.3 cm³/mol. The number of halogens is 1. The van der Waals surface area contributed by atoms with E-state index in [4.69, 9.17) is 17.3 Å². The van der Waals surface area contributed by atoms with Crippen molar-refractivity contribution >= 4 is 17.5 Å². The predicted octanol–water partition coefficient (Wildman–Crippen LogP) is 2.79. The summed E-state index contributed by atoms with van der Waals surface area (Å²) in [5.74, 6) is 0.265. The zero-order valence-electron chi connectivity index (χ0n) is 13.3. The number of nitrogens with zero attached hydrogens (tertiary/aromatic N) is 2. The minimum absolute atomic E-state index is 0.0632. The minimum Gasteiger partial charge on any atom is -0.348 e. The lowest BCUT2D eigenvalue weighted by atomic mass is 10.1. The van der Waals surface area contributed by atoms with Gasteiger partial charge in [0.2, 0.25) is 0 Å². The number of hydrogen-bond acceptors (Lipinski definition) is 3. The van der Waals surface area contributed by atoms with Crippen molar-refractivity contribution in [3.63, 3.8) is 0 Å². The molecule has 1 aromatic carbocycles. The third-order valence-electron chi connectivity index (χ3n) is 4.15. The minimum atomic E-state index is -0.116. The molecule has 1 aliphatic carbocycles. The molecule has 1 aromatic heterocycles. The van der Waals surface area contributed by atoms with Gasteiger partial charge >= 0.3 is 0 Å². The lowest BCUT2D eigenvalue weighted by molar-refractivity contribution is 0.0940. The third kappa shape index (κ3) is 3.26. The molecule has 6 heteroatoms. The van der Waals surface area contributed by atoms with Crippen LogP contribution in [-0.2, 0) is 0 Å². The summed E-state index contributed by atoms with van der Waals surface area (Å²) in [5.41, 5.74) is 9.08. The summed E-state index contributed by atoms with van der Waals surface area (Å²) in [6.45, 7) is 4.26. The molecule has 0 aliphatic heterocycles. The van der Waals surface area contributed by atoms with Crippen LogP contribution in [-0.4, -0.2) is 28.3 Å². The molecular weight excluding hydrogens is 312 g/mol. The van der Waals surface area contributed by atoms with Gasteiger partial charge in [0.25, 0.3) is 5.91 Å². The molecule has 3 N–H and O–H groups in total. The number of carbonyl (C=O) groups is 1. The molecular formula is C17H21ClN4O. The van der Waals surface area contributed by atoms with Gasteiger partial charge in [-0.1, -0.05) is 17.7 Å². The molecule has 0 unspecified atom stereocenters. The lowest BCUT2D eigenvalue weighted by Gasteiger charge is -2.13. The molecule has 0 saturated heterocycles. The van der Waals surface area contributed by atoms with Crippen LogP contribution in [0.4, 0.5) is 0 Å². The van der Waals surface area contributed by atoms with Gasteiger partial charge in [-0.3, -0.25) is 4.79 Å². The number of carbonyl (C=O) groups excluding carboxylic acids is 1. The van der Waals surface area contributed by atoms with Crippen molar-refractivity contribution in [2.24, 2.45) is 5.73 Å². The average molecular weight is 333 g/mol. The summed E-state index contributed by atoms with van der Waals surface area (Å²) in [4.78, 5) is 12.5. The molecule has 1 saturated carbocycles. The maximum Gasteiger partial charge on any atom is 0.255 e. The zero-order chi connectivity index (χ0) is 16.6. The van der Waals surface area contributed by atoms with Crippen LogP contribution in [0, 0.1) is 6.92 Å².